The predicted octanol–water partition coefficient (Wildman–Crippen LogP) is 5.83. The maximum atomic E-state index is 10.9. The number of hydrogen-bond acceptors (Lipinski definition) is 4. The van der Waals surface area contributed by atoms with E-state index in [2.05, 4.69) is 4.98 Å². The zero-order valence-corrected chi connectivity index (χ0v) is 17.5. The topological polar surface area (TPSA) is 72.6 Å². The summed E-state index contributed by atoms with van der Waals surface area (Å²) in [4.78, 5) is 15.5. The molecule has 0 saturated heterocycles. The molecule has 1 aromatic heterocycles. The number of aryl methyl sites for hydroxylation is 2. The van der Waals surface area contributed by atoms with Crippen LogP contribution < -0.4 is 4.74 Å². The summed E-state index contributed by atoms with van der Waals surface area (Å²) >= 11 is 0. The van der Waals surface area contributed by atoms with Gasteiger partial charge in [-0.1, -0.05) is 48.0 Å². The highest BCUT2D eigenvalue weighted by Crippen LogP contribution is 2.29. The van der Waals surface area contributed by atoms with Crippen molar-refractivity contribution in [2.75, 3.05) is 6.61 Å². The molecule has 0 radical (unpaired) electrons. The van der Waals surface area contributed by atoms with E-state index in [1.54, 1.807) is 6.08 Å². The molecule has 0 unspecified atom stereocenters. The highest BCUT2D eigenvalue weighted by atomic mass is 16.5. The average Bonchev–Trinajstić information content (AvgIpc) is 3.13. The molecule has 0 aliphatic rings. The van der Waals surface area contributed by atoms with E-state index in [0.717, 1.165) is 45.2 Å². The number of carboxylic acids is 1. The van der Waals surface area contributed by atoms with Gasteiger partial charge in [0.25, 0.3) is 0 Å². The number of benzene rings is 3. The molecule has 0 saturated carbocycles. The van der Waals surface area contributed by atoms with Crippen LogP contribution in [0.2, 0.25) is 0 Å². The van der Waals surface area contributed by atoms with E-state index in [1.165, 1.54) is 5.56 Å². The summed E-state index contributed by atoms with van der Waals surface area (Å²) in [5, 5.41) is 10.8. The van der Waals surface area contributed by atoms with Crippen molar-refractivity contribution in [2.45, 2.75) is 20.3 Å². The van der Waals surface area contributed by atoms with Crippen molar-refractivity contribution in [2.24, 2.45) is 0 Å². The van der Waals surface area contributed by atoms with Crippen molar-refractivity contribution in [3.8, 4) is 17.2 Å². The van der Waals surface area contributed by atoms with Crippen LogP contribution in [-0.4, -0.2) is 22.7 Å². The van der Waals surface area contributed by atoms with Crippen LogP contribution in [0.1, 0.15) is 22.6 Å². The van der Waals surface area contributed by atoms with Crippen molar-refractivity contribution >= 4 is 22.8 Å². The lowest BCUT2D eigenvalue weighted by Crippen LogP contribution is -2.03. The monoisotopic (exact) mass is 413 g/mol. The minimum Gasteiger partial charge on any atom is -0.493 e. The second kappa shape index (κ2) is 8.88. The first-order valence-electron chi connectivity index (χ1n) is 10.1. The molecule has 0 fully saturated rings. The Kier molecular flexibility index (Phi) is 5.85. The minimum atomic E-state index is -0.975. The lowest BCUT2D eigenvalue weighted by Gasteiger charge is -2.10. The summed E-state index contributed by atoms with van der Waals surface area (Å²) < 4.78 is 11.9. The first-order chi connectivity index (χ1) is 15.0. The molecule has 0 amide bonds. The van der Waals surface area contributed by atoms with E-state index >= 15 is 0 Å². The molecule has 156 valence electrons. The standard InChI is InChI=1S/C26H23NO4/c1-17-9-11-20(12-10-17)26-27-23(18(2)31-26)15-16-30-24-8-4-6-21-19(13-14-25(28)29)5-3-7-22(21)24/h3-14H,15-16H2,1-2H3,(H,28,29)/b14-13+. The largest absolute Gasteiger partial charge is 0.493 e. The van der Waals surface area contributed by atoms with Gasteiger partial charge in [-0.25, -0.2) is 9.78 Å². The number of ether oxygens (including phenoxy) is 1. The molecule has 4 rings (SSSR count). The van der Waals surface area contributed by atoms with Gasteiger partial charge in [0.2, 0.25) is 5.89 Å². The maximum Gasteiger partial charge on any atom is 0.328 e. The second-order valence-electron chi connectivity index (χ2n) is 7.36. The third-order valence-corrected chi connectivity index (χ3v) is 5.11. The molecule has 0 atom stereocenters. The van der Waals surface area contributed by atoms with Gasteiger partial charge in [0, 0.05) is 23.4 Å². The molecule has 0 spiro atoms. The molecule has 1 N–H and O–H groups in total. The van der Waals surface area contributed by atoms with Gasteiger partial charge >= 0.3 is 5.97 Å². The van der Waals surface area contributed by atoms with E-state index < -0.39 is 5.97 Å². The van der Waals surface area contributed by atoms with Gasteiger partial charge in [-0.05, 0) is 49.1 Å². The number of carboxylic acid groups (broad SMARTS) is 1. The van der Waals surface area contributed by atoms with Crippen LogP contribution in [0.15, 0.2) is 71.2 Å². The smallest absolute Gasteiger partial charge is 0.328 e. The average molecular weight is 413 g/mol. The fraction of sp³-hybridized carbons (Fsp3) is 0.154. The lowest BCUT2D eigenvalue weighted by atomic mass is 10.0. The van der Waals surface area contributed by atoms with Gasteiger partial charge in [-0.15, -0.1) is 0 Å². The third-order valence-electron chi connectivity index (χ3n) is 5.11. The Labute approximate surface area is 180 Å². The molecule has 5 heteroatoms. The SMILES string of the molecule is Cc1ccc(-c2nc(CCOc3cccc4c(/C=C/C(=O)O)cccc34)c(C)o2)cc1. The highest BCUT2D eigenvalue weighted by molar-refractivity contribution is 5.97. The number of carbonyl (C=O) groups is 1. The number of oxazole rings is 1. The zero-order valence-electron chi connectivity index (χ0n) is 17.5. The molecule has 5 nitrogen and oxygen atoms in total. The van der Waals surface area contributed by atoms with Gasteiger partial charge in [-0.2, -0.15) is 0 Å². The zero-order chi connectivity index (χ0) is 21.8. The number of rotatable bonds is 7. The summed E-state index contributed by atoms with van der Waals surface area (Å²) in [6.45, 7) is 4.42. The maximum absolute atomic E-state index is 10.9. The molecule has 0 aliphatic heterocycles. The van der Waals surface area contributed by atoms with Crippen molar-refractivity contribution in [3.05, 3.63) is 89.3 Å². The Morgan fingerprint density at radius 2 is 1.77 bits per heavy atom. The fourth-order valence-corrected chi connectivity index (χ4v) is 3.47. The van der Waals surface area contributed by atoms with Crippen LogP contribution in [-0.2, 0) is 11.2 Å². The van der Waals surface area contributed by atoms with Crippen LogP contribution >= 0.6 is 0 Å². The predicted molar refractivity (Wildman–Crippen MR) is 121 cm³/mol. The summed E-state index contributed by atoms with van der Waals surface area (Å²) in [5.41, 5.74) is 3.86. The normalized spacial score (nSPS) is 11.3. The summed E-state index contributed by atoms with van der Waals surface area (Å²) in [7, 11) is 0. The first-order valence-corrected chi connectivity index (χ1v) is 10.1. The summed E-state index contributed by atoms with van der Waals surface area (Å²) in [5.74, 6) is 1.19. The molecular formula is C26H23NO4. The summed E-state index contributed by atoms with van der Waals surface area (Å²) in [6.07, 6.45) is 3.36. The van der Waals surface area contributed by atoms with Gasteiger partial charge in [0.1, 0.15) is 11.5 Å². The minimum absolute atomic E-state index is 0.453. The third kappa shape index (κ3) is 4.67. The van der Waals surface area contributed by atoms with E-state index in [4.69, 9.17) is 14.3 Å². The van der Waals surface area contributed by atoms with Crippen LogP contribution in [0.5, 0.6) is 5.75 Å². The van der Waals surface area contributed by atoms with Crippen molar-refractivity contribution in [3.63, 3.8) is 0 Å². The van der Waals surface area contributed by atoms with Crippen molar-refractivity contribution in [1.29, 1.82) is 0 Å². The Morgan fingerprint density at radius 3 is 2.55 bits per heavy atom. The molecular weight excluding hydrogens is 390 g/mol. The molecule has 3 aromatic carbocycles. The second-order valence-corrected chi connectivity index (χ2v) is 7.36. The Hall–Kier alpha value is -3.86. The van der Waals surface area contributed by atoms with E-state index in [0.29, 0.717) is 18.9 Å². The quantitative estimate of drug-likeness (QED) is 0.386. The van der Waals surface area contributed by atoms with Crippen LogP contribution in [0.4, 0.5) is 0 Å². The van der Waals surface area contributed by atoms with Gasteiger partial charge < -0.3 is 14.3 Å². The number of aliphatic carboxylic acids is 1. The van der Waals surface area contributed by atoms with E-state index in [-0.39, 0.29) is 0 Å². The van der Waals surface area contributed by atoms with E-state index in [1.807, 2.05) is 74.5 Å². The van der Waals surface area contributed by atoms with Gasteiger partial charge in [0.15, 0.2) is 0 Å². The highest BCUT2D eigenvalue weighted by Gasteiger charge is 2.12. The molecule has 0 bridgehead atoms. The van der Waals surface area contributed by atoms with Crippen LogP contribution in [0, 0.1) is 13.8 Å². The van der Waals surface area contributed by atoms with Crippen molar-refractivity contribution in [1.82, 2.24) is 4.98 Å². The number of hydrogen-bond donors (Lipinski definition) is 1. The van der Waals surface area contributed by atoms with Crippen LogP contribution in [0.25, 0.3) is 28.3 Å². The molecule has 1 heterocycles. The first kappa shape index (κ1) is 20.4. The van der Waals surface area contributed by atoms with Crippen LogP contribution in [0.3, 0.4) is 0 Å². The number of fused-ring (bicyclic) bond motifs is 1. The lowest BCUT2D eigenvalue weighted by molar-refractivity contribution is -0.131. The Balaban J connectivity index is 1.50. The van der Waals surface area contributed by atoms with Gasteiger partial charge in [-0.3, -0.25) is 0 Å². The number of nitrogens with zero attached hydrogens (tertiary/aromatic N) is 1. The Bertz CT molecular complexity index is 1250. The number of aromatic nitrogens is 1. The summed E-state index contributed by atoms with van der Waals surface area (Å²) in [6, 6.07) is 19.6. The van der Waals surface area contributed by atoms with E-state index in [9.17, 15) is 4.79 Å². The fourth-order valence-electron chi connectivity index (χ4n) is 3.47. The molecule has 4 aromatic rings. The van der Waals surface area contributed by atoms with Gasteiger partial charge in [0.05, 0.1) is 12.3 Å². The van der Waals surface area contributed by atoms with Crippen molar-refractivity contribution < 1.29 is 19.1 Å². The molecule has 0 aliphatic carbocycles. The molecule has 31 heavy (non-hydrogen) atoms. The Morgan fingerprint density at radius 1 is 1.03 bits per heavy atom.